The van der Waals surface area contributed by atoms with E-state index in [4.69, 9.17) is 38.4 Å². The highest BCUT2D eigenvalue weighted by Crippen LogP contribution is 2.32. The number of halogens is 2. The van der Waals surface area contributed by atoms with Gasteiger partial charge in [0.15, 0.2) is 0 Å². The number of benzene rings is 2. The zero-order chi connectivity index (χ0) is 14.5. The molecule has 0 saturated carbocycles. The summed E-state index contributed by atoms with van der Waals surface area (Å²) in [6.45, 7) is 0.508. The van der Waals surface area contributed by atoms with Crippen LogP contribution in [0.4, 0.5) is 5.69 Å². The Labute approximate surface area is 128 Å². The summed E-state index contributed by atoms with van der Waals surface area (Å²) in [5.41, 5.74) is 7.46. The van der Waals surface area contributed by atoms with Crippen molar-refractivity contribution in [1.82, 2.24) is 0 Å². The Hall–Kier alpha value is -1.58. The smallest absolute Gasteiger partial charge is 0.143 e. The summed E-state index contributed by atoms with van der Waals surface area (Å²) < 4.78 is 10.7. The highest BCUT2D eigenvalue weighted by Gasteiger charge is 2.06. The van der Waals surface area contributed by atoms with Gasteiger partial charge < -0.3 is 15.2 Å². The SMILES string of the molecule is COc1ccc(CCOc2cc(Cl)c(Cl)cc2N)cc1. The molecule has 2 aromatic carbocycles. The summed E-state index contributed by atoms with van der Waals surface area (Å²) in [5.74, 6) is 1.39. The Balaban J connectivity index is 1.94. The van der Waals surface area contributed by atoms with E-state index >= 15 is 0 Å². The second kappa shape index (κ2) is 6.73. The van der Waals surface area contributed by atoms with Crippen LogP contribution >= 0.6 is 23.2 Å². The van der Waals surface area contributed by atoms with Gasteiger partial charge in [-0.2, -0.15) is 0 Å². The first kappa shape index (κ1) is 14.8. The van der Waals surface area contributed by atoms with Gasteiger partial charge in [0, 0.05) is 12.5 Å². The number of rotatable bonds is 5. The van der Waals surface area contributed by atoms with Crippen molar-refractivity contribution in [2.24, 2.45) is 0 Å². The van der Waals surface area contributed by atoms with Crippen LogP contribution in [0, 0.1) is 0 Å². The second-order valence-electron chi connectivity index (χ2n) is 4.25. The second-order valence-corrected chi connectivity index (χ2v) is 5.07. The van der Waals surface area contributed by atoms with E-state index in [0.29, 0.717) is 28.1 Å². The highest BCUT2D eigenvalue weighted by atomic mass is 35.5. The minimum Gasteiger partial charge on any atom is -0.497 e. The Bertz CT molecular complexity index is 585. The number of hydrogen-bond donors (Lipinski definition) is 1. The van der Waals surface area contributed by atoms with E-state index in [9.17, 15) is 0 Å². The van der Waals surface area contributed by atoms with Crippen molar-refractivity contribution in [2.45, 2.75) is 6.42 Å². The molecule has 0 aliphatic heterocycles. The van der Waals surface area contributed by atoms with Crippen LogP contribution in [0.1, 0.15) is 5.56 Å². The number of ether oxygens (including phenoxy) is 2. The van der Waals surface area contributed by atoms with E-state index in [1.54, 1.807) is 19.2 Å². The number of hydrogen-bond acceptors (Lipinski definition) is 3. The maximum atomic E-state index is 5.93. The third-order valence-electron chi connectivity index (χ3n) is 2.86. The van der Waals surface area contributed by atoms with Gasteiger partial charge >= 0.3 is 0 Å². The van der Waals surface area contributed by atoms with Gasteiger partial charge in [0.2, 0.25) is 0 Å². The van der Waals surface area contributed by atoms with E-state index in [1.165, 1.54) is 0 Å². The lowest BCUT2D eigenvalue weighted by atomic mass is 10.1. The molecular formula is C15H15Cl2NO2. The first-order valence-electron chi connectivity index (χ1n) is 6.10. The van der Waals surface area contributed by atoms with Gasteiger partial charge in [-0.05, 0) is 23.8 Å². The van der Waals surface area contributed by atoms with E-state index in [1.807, 2.05) is 24.3 Å². The van der Waals surface area contributed by atoms with Crippen molar-refractivity contribution in [2.75, 3.05) is 19.5 Å². The third kappa shape index (κ3) is 3.71. The Morgan fingerprint density at radius 1 is 1.05 bits per heavy atom. The number of anilines is 1. The third-order valence-corrected chi connectivity index (χ3v) is 3.58. The fraction of sp³-hybridized carbons (Fsp3) is 0.200. The van der Waals surface area contributed by atoms with Crippen LogP contribution in [-0.2, 0) is 6.42 Å². The normalized spacial score (nSPS) is 10.3. The molecule has 0 saturated heterocycles. The van der Waals surface area contributed by atoms with Gasteiger partial charge in [-0.15, -0.1) is 0 Å². The fourth-order valence-electron chi connectivity index (χ4n) is 1.74. The van der Waals surface area contributed by atoms with Crippen molar-refractivity contribution in [3.8, 4) is 11.5 Å². The predicted molar refractivity (Wildman–Crippen MR) is 83.1 cm³/mol. The van der Waals surface area contributed by atoms with Gasteiger partial charge in [-0.3, -0.25) is 0 Å². The van der Waals surface area contributed by atoms with Crippen molar-refractivity contribution >= 4 is 28.9 Å². The van der Waals surface area contributed by atoms with Crippen molar-refractivity contribution in [3.05, 3.63) is 52.0 Å². The summed E-state index contributed by atoms with van der Waals surface area (Å²) in [7, 11) is 1.64. The minimum absolute atomic E-state index is 0.423. The molecule has 5 heteroatoms. The molecule has 2 aromatic rings. The number of nitrogen functional groups attached to an aromatic ring is 1. The monoisotopic (exact) mass is 311 g/mol. The largest absolute Gasteiger partial charge is 0.497 e. The van der Waals surface area contributed by atoms with Gasteiger partial charge in [-0.1, -0.05) is 35.3 Å². The molecule has 0 radical (unpaired) electrons. The topological polar surface area (TPSA) is 44.5 Å². The summed E-state index contributed by atoms with van der Waals surface area (Å²) in [6.07, 6.45) is 0.768. The molecule has 20 heavy (non-hydrogen) atoms. The van der Waals surface area contributed by atoms with Crippen molar-refractivity contribution in [3.63, 3.8) is 0 Å². The van der Waals surface area contributed by atoms with E-state index in [0.717, 1.165) is 17.7 Å². The van der Waals surface area contributed by atoms with Crippen LogP contribution in [0.2, 0.25) is 10.0 Å². The van der Waals surface area contributed by atoms with Crippen molar-refractivity contribution < 1.29 is 9.47 Å². The molecule has 0 aliphatic carbocycles. The summed E-state index contributed by atoms with van der Waals surface area (Å²) >= 11 is 11.8. The van der Waals surface area contributed by atoms with E-state index < -0.39 is 0 Å². The molecule has 0 bridgehead atoms. The standard InChI is InChI=1S/C15H15Cl2NO2/c1-19-11-4-2-10(3-5-11)6-7-20-15-9-13(17)12(16)8-14(15)18/h2-5,8-9H,6-7,18H2,1H3. The Morgan fingerprint density at radius 3 is 2.35 bits per heavy atom. The van der Waals surface area contributed by atoms with Crippen LogP contribution in [0.5, 0.6) is 11.5 Å². The maximum Gasteiger partial charge on any atom is 0.143 e. The fourth-order valence-corrected chi connectivity index (χ4v) is 2.07. The average Bonchev–Trinajstić information content (AvgIpc) is 2.45. The number of nitrogens with two attached hydrogens (primary N) is 1. The first-order valence-corrected chi connectivity index (χ1v) is 6.86. The van der Waals surface area contributed by atoms with Gasteiger partial charge in [0.05, 0.1) is 29.4 Å². The molecule has 0 fully saturated rings. The molecule has 3 nitrogen and oxygen atoms in total. The average molecular weight is 312 g/mol. The van der Waals surface area contributed by atoms with Gasteiger partial charge in [0.1, 0.15) is 11.5 Å². The zero-order valence-corrected chi connectivity index (χ0v) is 12.5. The molecule has 106 valence electrons. The van der Waals surface area contributed by atoms with Crippen LogP contribution in [-0.4, -0.2) is 13.7 Å². The summed E-state index contributed by atoms with van der Waals surface area (Å²) in [4.78, 5) is 0. The van der Waals surface area contributed by atoms with Crippen LogP contribution < -0.4 is 15.2 Å². The van der Waals surface area contributed by atoms with Crippen molar-refractivity contribution in [1.29, 1.82) is 0 Å². The van der Waals surface area contributed by atoms with Crippen LogP contribution in [0.25, 0.3) is 0 Å². The lowest BCUT2D eigenvalue weighted by Crippen LogP contribution is -2.03. The van der Waals surface area contributed by atoms with Crippen LogP contribution in [0.15, 0.2) is 36.4 Å². The number of methoxy groups -OCH3 is 1. The molecule has 2 N–H and O–H groups in total. The Morgan fingerprint density at radius 2 is 1.70 bits per heavy atom. The molecule has 0 unspecified atom stereocenters. The first-order chi connectivity index (χ1) is 9.60. The predicted octanol–water partition coefficient (Wildman–Crippen LogP) is 4.21. The van der Waals surface area contributed by atoms with Gasteiger partial charge in [-0.25, -0.2) is 0 Å². The Kier molecular flexibility index (Phi) is 4.99. The molecule has 0 aliphatic rings. The molecule has 0 heterocycles. The molecular weight excluding hydrogens is 297 g/mol. The summed E-state index contributed by atoms with van der Waals surface area (Å²) in [6, 6.07) is 11.1. The molecule has 0 aromatic heterocycles. The minimum atomic E-state index is 0.423. The van der Waals surface area contributed by atoms with E-state index in [-0.39, 0.29) is 0 Å². The maximum absolute atomic E-state index is 5.93. The summed E-state index contributed by atoms with van der Waals surface area (Å²) in [5, 5.41) is 0.854. The lowest BCUT2D eigenvalue weighted by Gasteiger charge is -2.10. The zero-order valence-electron chi connectivity index (χ0n) is 11.0. The molecule has 0 amide bonds. The lowest BCUT2D eigenvalue weighted by molar-refractivity contribution is 0.323. The van der Waals surface area contributed by atoms with Crippen LogP contribution in [0.3, 0.4) is 0 Å². The van der Waals surface area contributed by atoms with Gasteiger partial charge in [0.25, 0.3) is 0 Å². The quantitative estimate of drug-likeness (QED) is 0.841. The van der Waals surface area contributed by atoms with E-state index in [2.05, 4.69) is 0 Å². The molecule has 2 rings (SSSR count). The molecule has 0 spiro atoms. The molecule has 0 atom stereocenters. The highest BCUT2D eigenvalue weighted by molar-refractivity contribution is 6.42.